The van der Waals surface area contributed by atoms with Crippen LogP contribution in [0.5, 0.6) is 0 Å². The molecule has 4 rings (SSSR count). The van der Waals surface area contributed by atoms with Crippen LogP contribution in [-0.2, 0) is 4.79 Å². The lowest BCUT2D eigenvalue weighted by atomic mass is 10.00. The van der Waals surface area contributed by atoms with Gasteiger partial charge in [-0.05, 0) is 37.5 Å². The maximum Gasteiger partial charge on any atom is 0.230 e. The number of thioether (sulfide) groups is 1. The van der Waals surface area contributed by atoms with Gasteiger partial charge < -0.3 is 15.2 Å². The molecule has 4 unspecified atom stereocenters. The topological polar surface area (TPSA) is 72.0 Å². The van der Waals surface area contributed by atoms with Crippen LogP contribution in [0.25, 0.3) is 0 Å². The minimum absolute atomic E-state index is 0.0402. The summed E-state index contributed by atoms with van der Waals surface area (Å²) in [5.41, 5.74) is 8.01. The zero-order valence-corrected chi connectivity index (χ0v) is 17.5. The number of nitrogens with one attached hydrogen (secondary N) is 3. The van der Waals surface area contributed by atoms with E-state index in [1.54, 1.807) is 0 Å². The van der Waals surface area contributed by atoms with E-state index in [1.165, 1.54) is 17.3 Å². The number of hydrogen-bond acceptors (Lipinski definition) is 7. The molecule has 0 saturated carbocycles. The fraction of sp³-hybridized carbons (Fsp3) is 0.474. The summed E-state index contributed by atoms with van der Waals surface area (Å²) < 4.78 is 0. The number of hydrogen-bond donors (Lipinski definition) is 3. The highest BCUT2D eigenvalue weighted by molar-refractivity contribution is 8.14. The van der Waals surface area contributed by atoms with Gasteiger partial charge in [0.15, 0.2) is 5.17 Å². The number of carbonyl (C=O) groups excluding carboxylic acids is 1. The molecule has 0 aliphatic carbocycles. The van der Waals surface area contributed by atoms with Crippen LogP contribution in [-0.4, -0.2) is 45.0 Å². The van der Waals surface area contributed by atoms with Gasteiger partial charge in [0.1, 0.15) is 6.17 Å². The molecule has 4 atom stereocenters. The summed E-state index contributed by atoms with van der Waals surface area (Å²) in [6.45, 7) is 4.07. The Balaban J connectivity index is 1.36. The summed E-state index contributed by atoms with van der Waals surface area (Å²) in [7, 11) is 0. The standard InChI is InChI=1S/C19H25ClN6OS/c1-3-12(2)21-17(27)11-28-19-23-22-18-16-10-15(13-4-6-14(20)7-5-13)24-26(16)9-8-25(18)19/h4-9,12,15-16,18,22,24H,3,10-11H2,1-2H3,(H,21,27). The molecule has 0 aromatic heterocycles. The fourth-order valence-corrected chi connectivity index (χ4v) is 4.52. The first-order valence-electron chi connectivity index (χ1n) is 9.57. The number of hydrazone groups is 1. The number of rotatable bonds is 5. The van der Waals surface area contributed by atoms with Gasteiger partial charge in [0.25, 0.3) is 0 Å². The van der Waals surface area contributed by atoms with Crippen LogP contribution in [0.2, 0.25) is 5.02 Å². The summed E-state index contributed by atoms with van der Waals surface area (Å²) >= 11 is 7.47. The van der Waals surface area contributed by atoms with Crippen molar-refractivity contribution in [2.75, 3.05) is 5.75 Å². The van der Waals surface area contributed by atoms with Crippen molar-refractivity contribution in [2.24, 2.45) is 5.10 Å². The number of fused-ring (bicyclic) bond motifs is 3. The molecule has 1 saturated heterocycles. The van der Waals surface area contributed by atoms with Crippen molar-refractivity contribution in [2.45, 2.75) is 51.0 Å². The highest BCUT2D eigenvalue weighted by Crippen LogP contribution is 2.35. The first-order valence-corrected chi connectivity index (χ1v) is 10.9. The highest BCUT2D eigenvalue weighted by Gasteiger charge is 2.44. The van der Waals surface area contributed by atoms with Crippen LogP contribution in [0.1, 0.15) is 38.3 Å². The Morgan fingerprint density at radius 1 is 1.39 bits per heavy atom. The molecule has 3 aliphatic heterocycles. The lowest BCUT2D eigenvalue weighted by molar-refractivity contribution is -0.119. The number of carbonyl (C=O) groups is 1. The second-order valence-electron chi connectivity index (χ2n) is 7.28. The Kier molecular flexibility index (Phi) is 5.70. The predicted molar refractivity (Wildman–Crippen MR) is 113 cm³/mol. The van der Waals surface area contributed by atoms with Crippen molar-refractivity contribution in [3.63, 3.8) is 0 Å². The SMILES string of the molecule is CCC(C)NC(=O)CSC1=NNC2C3CC(c4ccc(Cl)cc4)NN3C=CN12. The van der Waals surface area contributed by atoms with Crippen molar-refractivity contribution in [1.82, 2.24) is 26.1 Å². The second kappa shape index (κ2) is 8.23. The zero-order chi connectivity index (χ0) is 19.7. The number of benzene rings is 1. The van der Waals surface area contributed by atoms with E-state index >= 15 is 0 Å². The number of amidine groups is 1. The molecule has 150 valence electrons. The number of nitrogens with zero attached hydrogens (tertiary/aromatic N) is 3. The second-order valence-corrected chi connectivity index (χ2v) is 8.66. The molecule has 3 N–H and O–H groups in total. The Morgan fingerprint density at radius 2 is 2.18 bits per heavy atom. The highest BCUT2D eigenvalue weighted by atomic mass is 35.5. The van der Waals surface area contributed by atoms with E-state index in [0.29, 0.717) is 5.75 Å². The molecule has 9 heteroatoms. The quantitative estimate of drug-likeness (QED) is 0.680. The van der Waals surface area contributed by atoms with E-state index in [9.17, 15) is 4.79 Å². The van der Waals surface area contributed by atoms with Gasteiger partial charge in [-0.15, -0.1) is 0 Å². The molecule has 1 aromatic carbocycles. The van der Waals surface area contributed by atoms with Gasteiger partial charge in [-0.25, -0.2) is 5.43 Å². The van der Waals surface area contributed by atoms with E-state index in [2.05, 4.69) is 50.2 Å². The lowest BCUT2D eigenvalue weighted by Gasteiger charge is -2.36. The van der Waals surface area contributed by atoms with Gasteiger partial charge >= 0.3 is 0 Å². The third-order valence-corrected chi connectivity index (χ3v) is 6.55. The summed E-state index contributed by atoms with van der Waals surface area (Å²) in [4.78, 5) is 14.2. The molecule has 1 aromatic rings. The molecule has 1 amide bonds. The molecule has 1 fully saturated rings. The molecule has 3 aliphatic rings. The van der Waals surface area contributed by atoms with Gasteiger partial charge in [0.05, 0.1) is 17.8 Å². The van der Waals surface area contributed by atoms with Crippen LogP contribution in [0, 0.1) is 0 Å². The summed E-state index contributed by atoms with van der Waals surface area (Å²) in [5.74, 6) is 0.403. The summed E-state index contributed by atoms with van der Waals surface area (Å²) in [6, 6.07) is 8.64. The number of halogens is 1. The van der Waals surface area contributed by atoms with Crippen LogP contribution < -0.4 is 16.2 Å². The minimum Gasteiger partial charge on any atom is -0.353 e. The van der Waals surface area contributed by atoms with Crippen molar-refractivity contribution in [1.29, 1.82) is 0 Å². The van der Waals surface area contributed by atoms with Crippen molar-refractivity contribution in [3.8, 4) is 0 Å². The Labute approximate surface area is 174 Å². The summed E-state index contributed by atoms with van der Waals surface area (Å²) in [5, 5.41) is 11.2. The van der Waals surface area contributed by atoms with Crippen molar-refractivity contribution < 1.29 is 4.79 Å². The van der Waals surface area contributed by atoms with Crippen LogP contribution in [0.3, 0.4) is 0 Å². The van der Waals surface area contributed by atoms with Gasteiger partial charge in [0.2, 0.25) is 5.91 Å². The van der Waals surface area contributed by atoms with E-state index in [0.717, 1.165) is 23.0 Å². The zero-order valence-electron chi connectivity index (χ0n) is 15.9. The Hall–Kier alpha value is -1.90. The monoisotopic (exact) mass is 420 g/mol. The first kappa shape index (κ1) is 19.4. The van der Waals surface area contributed by atoms with Crippen LogP contribution in [0.4, 0.5) is 0 Å². The van der Waals surface area contributed by atoms with Gasteiger partial charge in [-0.3, -0.25) is 10.2 Å². The lowest BCUT2D eigenvalue weighted by Crippen LogP contribution is -2.54. The Morgan fingerprint density at radius 3 is 2.93 bits per heavy atom. The third-order valence-electron chi connectivity index (χ3n) is 5.33. The van der Waals surface area contributed by atoms with E-state index in [1.807, 2.05) is 31.5 Å². The largest absolute Gasteiger partial charge is 0.353 e. The molecule has 7 nitrogen and oxygen atoms in total. The van der Waals surface area contributed by atoms with Gasteiger partial charge in [-0.1, -0.05) is 42.4 Å². The van der Waals surface area contributed by atoms with Crippen molar-refractivity contribution >= 4 is 34.4 Å². The molecule has 28 heavy (non-hydrogen) atoms. The predicted octanol–water partition coefficient (Wildman–Crippen LogP) is 2.60. The smallest absolute Gasteiger partial charge is 0.230 e. The first-order chi connectivity index (χ1) is 13.5. The molecule has 3 heterocycles. The molecular weight excluding hydrogens is 396 g/mol. The average Bonchev–Trinajstić information content (AvgIpc) is 3.30. The molecule has 0 bridgehead atoms. The maximum atomic E-state index is 12.1. The maximum absolute atomic E-state index is 12.1. The molecular formula is C19H25ClN6OS. The molecule has 0 radical (unpaired) electrons. The Bertz CT molecular complexity index is 785. The summed E-state index contributed by atoms with van der Waals surface area (Å²) in [6.07, 6.45) is 5.97. The van der Waals surface area contributed by atoms with Gasteiger partial charge in [-0.2, -0.15) is 5.10 Å². The van der Waals surface area contributed by atoms with E-state index in [-0.39, 0.29) is 30.2 Å². The number of amides is 1. The third kappa shape index (κ3) is 3.94. The average molecular weight is 421 g/mol. The van der Waals surface area contributed by atoms with Crippen molar-refractivity contribution in [3.05, 3.63) is 47.3 Å². The number of hydrazine groups is 1. The van der Waals surface area contributed by atoms with E-state index in [4.69, 9.17) is 11.6 Å². The molecule has 0 spiro atoms. The van der Waals surface area contributed by atoms with Crippen LogP contribution >= 0.6 is 23.4 Å². The van der Waals surface area contributed by atoms with Crippen LogP contribution in [0.15, 0.2) is 41.8 Å². The minimum atomic E-state index is 0.0402. The normalized spacial score (nSPS) is 26.4. The van der Waals surface area contributed by atoms with E-state index < -0.39 is 0 Å². The fourth-order valence-electron chi connectivity index (χ4n) is 3.61. The van der Waals surface area contributed by atoms with Gasteiger partial charge in [0, 0.05) is 23.5 Å².